The molecule has 0 amide bonds. The number of rotatable bonds is 6. The number of hydrogen-bond donors (Lipinski definition) is 2. The standard InChI is InChI=1S/C10H22N2O4S/c1-6-8(2)12(7-9(13)14)17(15,16)11-10(3,4)5/h8,11H,6-7H2,1-5H3,(H,13,14). The summed E-state index contributed by atoms with van der Waals surface area (Å²) in [5.41, 5.74) is -0.636. The molecule has 0 aromatic rings. The Morgan fingerprint density at radius 1 is 1.41 bits per heavy atom. The van der Waals surface area contributed by atoms with Crippen LogP contribution in [0.5, 0.6) is 0 Å². The molecule has 0 aliphatic rings. The van der Waals surface area contributed by atoms with Gasteiger partial charge in [0.1, 0.15) is 6.54 Å². The van der Waals surface area contributed by atoms with E-state index in [9.17, 15) is 13.2 Å². The largest absolute Gasteiger partial charge is 0.480 e. The monoisotopic (exact) mass is 266 g/mol. The summed E-state index contributed by atoms with van der Waals surface area (Å²) in [7, 11) is -3.78. The normalized spacial score (nSPS) is 14.9. The number of carboxylic acids is 1. The van der Waals surface area contributed by atoms with E-state index in [4.69, 9.17) is 5.11 Å². The van der Waals surface area contributed by atoms with E-state index in [0.29, 0.717) is 6.42 Å². The van der Waals surface area contributed by atoms with Crippen LogP contribution in [0.2, 0.25) is 0 Å². The number of nitrogens with one attached hydrogen (secondary N) is 1. The topological polar surface area (TPSA) is 86.7 Å². The summed E-state index contributed by atoms with van der Waals surface area (Å²) < 4.78 is 27.5. The van der Waals surface area contributed by atoms with E-state index in [0.717, 1.165) is 4.31 Å². The van der Waals surface area contributed by atoms with Gasteiger partial charge >= 0.3 is 5.97 Å². The molecule has 0 saturated carbocycles. The zero-order valence-electron chi connectivity index (χ0n) is 11.0. The summed E-state index contributed by atoms with van der Waals surface area (Å²) in [5, 5.41) is 8.76. The molecule has 0 saturated heterocycles. The van der Waals surface area contributed by atoms with Crippen LogP contribution < -0.4 is 4.72 Å². The lowest BCUT2D eigenvalue weighted by atomic mass is 10.1. The molecule has 0 fully saturated rings. The maximum absolute atomic E-state index is 12.0. The Morgan fingerprint density at radius 2 is 1.88 bits per heavy atom. The third-order valence-corrected chi connectivity index (χ3v) is 4.09. The van der Waals surface area contributed by atoms with Crippen LogP contribution in [0.1, 0.15) is 41.0 Å². The summed E-state index contributed by atoms with van der Waals surface area (Å²) in [4.78, 5) is 10.7. The molecule has 0 heterocycles. The minimum absolute atomic E-state index is 0.356. The van der Waals surface area contributed by atoms with E-state index in [2.05, 4.69) is 4.72 Å². The zero-order chi connectivity index (χ0) is 13.9. The fraction of sp³-hybridized carbons (Fsp3) is 0.900. The second-order valence-electron chi connectivity index (χ2n) is 5.05. The van der Waals surface area contributed by atoms with Crippen molar-refractivity contribution in [3.8, 4) is 0 Å². The van der Waals surface area contributed by atoms with Crippen LogP contribution in [0.25, 0.3) is 0 Å². The lowest BCUT2D eigenvalue weighted by Gasteiger charge is -2.30. The van der Waals surface area contributed by atoms with Gasteiger partial charge in [-0.25, -0.2) is 0 Å². The predicted molar refractivity (Wildman–Crippen MR) is 65.9 cm³/mol. The first-order valence-corrected chi connectivity index (χ1v) is 6.96. The molecule has 17 heavy (non-hydrogen) atoms. The van der Waals surface area contributed by atoms with Crippen LogP contribution in [0.3, 0.4) is 0 Å². The number of carbonyl (C=O) groups is 1. The van der Waals surface area contributed by atoms with E-state index in [-0.39, 0.29) is 6.04 Å². The molecular formula is C10H22N2O4S. The van der Waals surface area contributed by atoms with Crippen molar-refractivity contribution in [3.63, 3.8) is 0 Å². The lowest BCUT2D eigenvalue weighted by Crippen LogP contribution is -2.52. The van der Waals surface area contributed by atoms with Gasteiger partial charge in [0.2, 0.25) is 0 Å². The highest BCUT2D eigenvalue weighted by atomic mass is 32.2. The molecule has 102 valence electrons. The highest BCUT2D eigenvalue weighted by Gasteiger charge is 2.31. The molecule has 0 aromatic carbocycles. The van der Waals surface area contributed by atoms with Gasteiger partial charge in [-0.15, -0.1) is 0 Å². The van der Waals surface area contributed by atoms with Crippen molar-refractivity contribution in [2.75, 3.05) is 6.54 Å². The number of aliphatic carboxylic acids is 1. The van der Waals surface area contributed by atoms with Gasteiger partial charge in [0.15, 0.2) is 0 Å². The van der Waals surface area contributed by atoms with Crippen molar-refractivity contribution in [1.82, 2.24) is 9.03 Å². The Morgan fingerprint density at radius 3 is 2.18 bits per heavy atom. The van der Waals surface area contributed by atoms with Crippen LogP contribution in [-0.2, 0) is 15.0 Å². The first-order valence-electron chi connectivity index (χ1n) is 5.52. The maximum atomic E-state index is 12.0. The van der Waals surface area contributed by atoms with Gasteiger partial charge in [0.25, 0.3) is 10.2 Å². The SMILES string of the molecule is CCC(C)N(CC(=O)O)S(=O)(=O)NC(C)(C)C. The van der Waals surface area contributed by atoms with E-state index < -0.39 is 28.3 Å². The van der Waals surface area contributed by atoms with Crippen molar-refractivity contribution in [2.24, 2.45) is 0 Å². The van der Waals surface area contributed by atoms with Gasteiger partial charge in [0, 0.05) is 11.6 Å². The average Bonchev–Trinajstić information content (AvgIpc) is 2.08. The lowest BCUT2D eigenvalue weighted by molar-refractivity contribution is -0.137. The third-order valence-electron chi connectivity index (χ3n) is 2.12. The average molecular weight is 266 g/mol. The first kappa shape index (κ1) is 16.3. The second-order valence-corrected chi connectivity index (χ2v) is 6.68. The van der Waals surface area contributed by atoms with Gasteiger partial charge in [-0.1, -0.05) is 6.92 Å². The second kappa shape index (κ2) is 5.79. The Balaban J connectivity index is 5.09. The molecule has 2 N–H and O–H groups in total. The van der Waals surface area contributed by atoms with Gasteiger partial charge in [0.05, 0.1) is 0 Å². The van der Waals surface area contributed by atoms with E-state index in [1.165, 1.54) is 0 Å². The molecule has 0 aliphatic heterocycles. The molecule has 0 aliphatic carbocycles. The molecular weight excluding hydrogens is 244 g/mol. The fourth-order valence-corrected chi connectivity index (χ4v) is 3.05. The quantitative estimate of drug-likeness (QED) is 0.744. The van der Waals surface area contributed by atoms with Crippen LogP contribution in [0.15, 0.2) is 0 Å². The minimum Gasteiger partial charge on any atom is -0.480 e. The van der Waals surface area contributed by atoms with Gasteiger partial charge in [-0.2, -0.15) is 17.4 Å². The summed E-state index contributed by atoms with van der Waals surface area (Å²) in [6.07, 6.45) is 0.554. The summed E-state index contributed by atoms with van der Waals surface area (Å²) in [6.45, 7) is 8.09. The Kier molecular flexibility index (Phi) is 5.57. The van der Waals surface area contributed by atoms with Crippen molar-refractivity contribution < 1.29 is 18.3 Å². The van der Waals surface area contributed by atoms with Crippen LogP contribution in [0, 0.1) is 0 Å². The molecule has 0 rings (SSSR count). The molecule has 0 radical (unpaired) electrons. The van der Waals surface area contributed by atoms with Crippen molar-refractivity contribution in [2.45, 2.75) is 52.6 Å². The highest BCUT2D eigenvalue weighted by Crippen LogP contribution is 2.12. The van der Waals surface area contributed by atoms with Crippen LogP contribution >= 0.6 is 0 Å². The third kappa shape index (κ3) is 5.99. The Bertz CT molecular complexity index is 359. The molecule has 1 unspecified atom stereocenters. The highest BCUT2D eigenvalue weighted by molar-refractivity contribution is 7.87. The summed E-state index contributed by atoms with van der Waals surface area (Å²) in [5.74, 6) is -1.16. The molecule has 7 heteroatoms. The minimum atomic E-state index is -3.78. The molecule has 6 nitrogen and oxygen atoms in total. The van der Waals surface area contributed by atoms with Gasteiger partial charge < -0.3 is 5.11 Å². The molecule has 0 bridgehead atoms. The maximum Gasteiger partial charge on any atom is 0.318 e. The zero-order valence-corrected chi connectivity index (χ0v) is 11.8. The van der Waals surface area contributed by atoms with Gasteiger partial charge in [-0.05, 0) is 34.1 Å². The van der Waals surface area contributed by atoms with E-state index >= 15 is 0 Å². The Labute approximate surface area is 103 Å². The number of nitrogens with zero attached hydrogens (tertiary/aromatic N) is 1. The summed E-state index contributed by atoms with van der Waals surface area (Å²) >= 11 is 0. The summed E-state index contributed by atoms with van der Waals surface area (Å²) in [6, 6.07) is -0.356. The van der Waals surface area contributed by atoms with Crippen molar-refractivity contribution in [1.29, 1.82) is 0 Å². The van der Waals surface area contributed by atoms with Crippen molar-refractivity contribution >= 4 is 16.2 Å². The molecule has 0 spiro atoms. The van der Waals surface area contributed by atoms with Crippen LogP contribution in [-0.4, -0.2) is 41.9 Å². The predicted octanol–water partition coefficient (Wildman–Crippen LogP) is 0.804. The van der Waals surface area contributed by atoms with Crippen molar-refractivity contribution in [3.05, 3.63) is 0 Å². The molecule has 1 atom stereocenters. The van der Waals surface area contributed by atoms with Gasteiger partial charge in [-0.3, -0.25) is 4.79 Å². The fourth-order valence-electron chi connectivity index (χ4n) is 1.26. The molecule has 0 aromatic heterocycles. The Hall–Kier alpha value is -0.660. The first-order chi connectivity index (χ1) is 7.49. The van der Waals surface area contributed by atoms with E-state index in [1.807, 2.05) is 6.92 Å². The van der Waals surface area contributed by atoms with Crippen LogP contribution in [0.4, 0.5) is 0 Å². The number of hydrogen-bond acceptors (Lipinski definition) is 3. The van der Waals surface area contributed by atoms with E-state index in [1.54, 1.807) is 27.7 Å². The number of carboxylic acid groups (broad SMARTS) is 1. The smallest absolute Gasteiger partial charge is 0.318 e.